The van der Waals surface area contributed by atoms with E-state index in [1.165, 1.54) is 11.8 Å². The van der Waals surface area contributed by atoms with Gasteiger partial charge in [0.15, 0.2) is 0 Å². The number of aliphatic carboxylic acids is 1. The van der Waals surface area contributed by atoms with Crippen molar-refractivity contribution in [3.8, 4) is 0 Å². The number of hydrogen-bond acceptors (Lipinski definition) is 3. The highest BCUT2D eigenvalue weighted by Crippen LogP contribution is 2.34. The van der Waals surface area contributed by atoms with Gasteiger partial charge in [0, 0.05) is 4.75 Å². The minimum atomic E-state index is -0.845. The molecule has 1 heterocycles. The molecule has 11 heavy (non-hydrogen) atoms. The molecule has 1 unspecified atom stereocenters. The fourth-order valence-corrected chi connectivity index (χ4v) is 2.67. The molecule has 0 aromatic rings. The Bertz CT molecular complexity index is 215. The van der Waals surface area contributed by atoms with Crippen LogP contribution in [0.15, 0.2) is 0 Å². The molecule has 62 valence electrons. The molecule has 0 bridgehead atoms. The van der Waals surface area contributed by atoms with E-state index in [1.807, 2.05) is 13.8 Å². The molecule has 0 saturated carbocycles. The molecule has 1 aliphatic heterocycles. The summed E-state index contributed by atoms with van der Waals surface area (Å²) in [6.45, 7) is 3.73. The maximum atomic E-state index is 10.6. The molecular weight excluding hydrogens is 182 g/mol. The molecule has 0 aliphatic carbocycles. The predicted octanol–water partition coefficient (Wildman–Crippen LogP) is 0.839. The zero-order chi connectivity index (χ0) is 8.65. The first-order chi connectivity index (χ1) is 4.93. The van der Waals surface area contributed by atoms with Gasteiger partial charge in [-0.15, -0.1) is 0 Å². The van der Waals surface area contributed by atoms with E-state index in [0.717, 1.165) is 0 Å². The van der Waals surface area contributed by atoms with E-state index in [-0.39, 0.29) is 4.75 Å². The number of rotatable bonds is 1. The van der Waals surface area contributed by atoms with Crippen molar-refractivity contribution in [3.05, 3.63) is 0 Å². The SMILES string of the molecule is CC1(C)SC(=S)NC1C(=O)O. The van der Waals surface area contributed by atoms with Crippen molar-refractivity contribution in [2.75, 3.05) is 0 Å². The number of nitrogens with one attached hydrogen (secondary N) is 1. The van der Waals surface area contributed by atoms with Crippen LogP contribution in [-0.2, 0) is 4.79 Å². The van der Waals surface area contributed by atoms with Crippen LogP contribution in [0, 0.1) is 0 Å². The van der Waals surface area contributed by atoms with E-state index in [9.17, 15) is 4.79 Å². The lowest BCUT2D eigenvalue weighted by molar-refractivity contribution is -0.139. The van der Waals surface area contributed by atoms with Crippen molar-refractivity contribution in [2.45, 2.75) is 24.6 Å². The summed E-state index contributed by atoms with van der Waals surface area (Å²) in [4.78, 5) is 10.6. The second-order valence-electron chi connectivity index (χ2n) is 2.91. The number of carbonyl (C=O) groups is 1. The Labute approximate surface area is 74.5 Å². The highest BCUT2D eigenvalue weighted by molar-refractivity contribution is 8.24. The molecule has 0 aromatic carbocycles. The summed E-state index contributed by atoms with van der Waals surface area (Å²) in [6.07, 6.45) is 0. The minimum absolute atomic E-state index is 0.330. The van der Waals surface area contributed by atoms with E-state index in [4.69, 9.17) is 17.3 Å². The highest BCUT2D eigenvalue weighted by atomic mass is 32.2. The van der Waals surface area contributed by atoms with Gasteiger partial charge in [-0.05, 0) is 13.8 Å². The minimum Gasteiger partial charge on any atom is -0.480 e. The summed E-state index contributed by atoms with van der Waals surface area (Å²) in [5.74, 6) is -0.845. The van der Waals surface area contributed by atoms with Crippen LogP contribution in [0.2, 0.25) is 0 Å². The molecule has 3 nitrogen and oxygen atoms in total. The van der Waals surface area contributed by atoms with Gasteiger partial charge in [-0.3, -0.25) is 0 Å². The molecule has 0 radical (unpaired) electrons. The van der Waals surface area contributed by atoms with Crippen LogP contribution in [-0.4, -0.2) is 26.2 Å². The Morgan fingerprint density at radius 1 is 1.82 bits per heavy atom. The Morgan fingerprint density at radius 2 is 2.36 bits per heavy atom. The first kappa shape index (κ1) is 8.80. The summed E-state index contributed by atoms with van der Waals surface area (Å²) in [5, 5.41) is 11.5. The van der Waals surface area contributed by atoms with E-state index in [1.54, 1.807) is 0 Å². The van der Waals surface area contributed by atoms with Gasteiger partial charge < -0.3 is 10.4 Å². The van der Waals surface area contributed by atoms with Gasteiger partial charge in [0.25, 0.3) is 0 Å². The Hall–Kier alpha value is -0.290. The van der Waals surface area contributed by atoms with Crippen LogP contribution in [0.1, 0.15) is 13.8 Å². The third kappa shape index (κ3) is 1.65. The molecule has 1 saturated heterocycles. The number of thioether (sulfide) groups is 1. The van der Waals surface area contributed by atoms with Crippen LogP contribution in [0.3, 0.4) is 0 Å². The van der Waals surface area contributed by atoms with Crippen molar-refractivity contribution >= 4 is 34.3 Å². The van der Waals surface area contributed by atoms with E-state index < -0.39 is 12.0 Å². The lowest BCUT2D eigenvalue weighted by Crippen LogP contribution is -2.43. The number of carboxylic acid groups (broad SMARTS) is 1. The normalized spacial score (nSPS) is 28.2. The molecule has 2 N–H and O–H groups in total. The largest absolute Gasteiger partial charge is 0.480 e. The summed E-state index contributed by atoms with van der Waals surface area (Å²) in [7, 11) is 0. The number of hydrogen-bond donors (Lipinski definition) is 2. The van der Waals surface area contributed by atoms with Crippen LogP contribution in [0.5, 0.6) is 0 Å². The number of carboxylic acids is 1. The average Bonchev–Trinajstić information content (AvgIpc) is 2.04. The highest BCUT2D eigenvalue weighted by Gasteiger charge is 2.42. The van der Waals surface area contributed by atoms with E-state index >= 15 is 0 Å². The fourth-order valence-electron chi connectivity index (χ4n) is 0.978. The van der Waals surface area contributed by atoms with Crippen molar-refractivity contribution in [1.29, 1.82) is 0 Å². The van der Waals surface area contributed by atoms with Gasteiger partial charge in [-0.25, -0.2) is 4.79 Å². The quantitative estimate of drug-likeness (QED) is 0.601. The third-order valence-corrected chi connectivity index (χ3v) is 2.99. The molecular formula is C6H9NO2S2. The zero-order valence-electron chi connectivity index (χ0n) is 6.25. The smallest absolute Gasteiger partial charge is 0.327 e. The van der Waals surface area contributed by atoms with Gasteiger partial charge in [0.1, 0.15) is 10.4 Å². The summed E-state index contributed by atoms with van der Waals surface area (Å²) in [5.41, 5.74) is 0. The maximum absolute atomic E-state index is 10.6. The van der Waals surface area contributed by atoms with Gasteiger partial charge in [0.05, 0.1) is 0 Å². The molecule has 0 spiro atoms. The molecule has 0 aromatic heterocycles. The second kappa shape index (κ2) is 2.64. The van der Waals surface area contributed by atoms with Gasteiger partial charge in [-0.2, -0.15) is 0 Å². The van der Waals surface area contributed by atoms with Crippen LogP contribution in [0.4, 0.5) is 0 Å². The van der Waals surface area contributed by atoms with E-state index in [0.29, 0.717) is 4.32 Å². The molecule has 1 rings (SSSR count). The van der Waals surface area contributed by atoms with Crippen LogP contribution in [0.25, 0.3) is 0 Å². The lowest BCUT2D eigenvalue weighted by atomic mass is 10.0. The summed E-state index contributed by atoms with van der Waals surface area (Å²) >= 11 is 6.25. The third-order valence-electron chi connectivity index (χ3n) is 1.56. The molecule has 5 heteroatoms. The molecule has 0 amide bonds. The molecule has 1 fully saturated rings. The van der Waals surface area contributed by atoms with Crippen molar-refractivity contribution < 1.29 is 9.90 Å². The average molecular weight is 191 g/mol. The van der Waals surface area contributed by atoms with Crippen LogP contribution < -0.4 is 5.32 Å². The molecule has 1 atom stereocenters. The summed E-state index contributed by atoms with van der Waals surface area (Å²) < 4.78 is 0.241. The molecule has 1 aliphatic rings. The second-order valence-corrected chi connectivity index (χ2v) is 5.24. The monoisotopic (exact) mass is 191 g/mol. The van der Waals surface area contributed by atoms with Crippen molar-refractivity contribution in [1.82, 2.24) is 5.32 Å². The standard InChI is InChI=1S/C6H9NO2S2/c1-6(2)3(4(8)9)7-5(10)11-6/h3H,1-2H3,(H,7,10)(H,8,9). The summed E-state index contributed by atoms with van der Waals surface area (Å²) in [6, 6.07) is -0.556. The zero-order valence-corrected chi connectivity index (χ0v) is 7.88. The van der Waals surface area contributed by atoms with Gasteiger partial charge in [-0.1, -0.05) is 24.0 Å². The van der Waals surface area contributed by atoms with Crippen molar-refractivity contribution in [2.24, 2.45) is 0 Å². The number of thiocarbonyl (C=S) groups is 1. The maximum Gasteiger partial charge on any atom is 0.327 e. The first-order valence-corrected chi connectivity index (χ1v) is 4.38. The Kier molecular flexibility index (Phi) is 2.11. The van der Waals surface area contributed by atoms with Gasteiger partial charge >= 0.3 is 5.97 Å². The Balaban J connectivity index is 2.82. The van der Waals surface area contributed by atoms with E-state index in [2.05, 4.69) is 5.32 Å². The van der Waals surface area contributed by atoms with Gasteiger partial charge in [0.2, 0.25) is 0 Å². The van der Waals surface area contributed by atoms with Crippen LogP contribution >= 0.6 is 24.0 Å². The first-order valence-electron chi connectivity index (χ1n) is 3.16. The topological polar surface area (TPSA) is 49.3 Å². The lowest BCUT2D eigenvalue weighted by Gasteiger charge is -2.19. The Morgan fingerprint density at radius 3 is 2.55 bits per heavy atom. The fraction of sp³-hybridized carbons (Fsp3) is 0.667. The predicted molar refractivity (Wildman–Crippen MR) is 48.8 cm³/mol. The van der Waals surface area contributed by atoms with Crippen molar-refractivity contribution in [3.63, 3.8) is 0 Å².